The third-order valence-corrected chi connectivity index (χ3v) is 10.8. The molecule has 166 valence electrons. The molecule has 0 radical (unpaired) electrons. The zero-order chi connectivity index (χ0) is 21.0. The quantitative estimate of drug-likeness (QED) is 0.470. The number of rotatable bonds is 5. The van der Waals surface area contributed by atoms with Crippen LogP contribution in [0, 0.1) is 52.3 Å². The molecule has 0 aromatic rings. The molecule has 0 spiro atoms. The maximum absolute atomic E-state index is 10.5. The highest BCUT2D eigenvalue weighted by atomic mass is 16.3. The van der Waals surface area contributed by atoms with Crippen molar-refractivity contribution in [3.63, 3.8) is 0 Å². The van der Waals surface area contributed by atoms with Gasteiger partial charge in [-0.2, -0.15) is 0 Å². The van der Waals surface area contributed by atoms with Crippen molar-refractivity contribution in [1.29, 1.82) is 0 Å². The summed E-state index contributed by atoms with van der Waals surface area (Å²) in [5, 5.41) is 10.5. The fourth-order valence-electron chi connectivity index (χ4n) is 8.97. The van der Waals surface area contributed by atoms with E-state index in [2.05, 4.69) is 47.6 Å². The van der Waals surface area contributed by atoms with Gasteiger partial charge in [0.2, 0.25) is 0 Å². The lowest BCUT2D eigenvalue weighted by Gasteiger charge is -2.59. The van der Waals surface area contributed by atoms with Crippen molar-refractivity contribution in [1.82, 2.24) is 0 Å². The molecule has 0 saturated heterocycles. The van der Waals surface area contributed by atoms with Crippen molar-refractivity contribution in [3.8, 4) is 0 Å². The van der Waals surface area contributed by atoms with Crippen LogP contribution in [0.2, 0.25) is 0 Å². The predicted molar refractivity (Wildman–Crippen MR) is 124 cm³/mol. The maximum Gasteiger partial charge on any atom is 0.0568 e. The fraction of sp³-hybridized carbons (Fsp3) is 0.929. The Morgan fingerprint density at radius 1 is 0.966 bits per heavy atom. The molecule has 4 rings (SSSR count). The molecule has 3 saturated carbocycles. The van der Waals surface area contributed by atoms with Gasteiger partial charge in [-0.25, -0.2) is 0 Å². The van der Waals surface area contributed by atoms with Crippen LogP contribution in [0.4, 0.5) is 0 Å². The molecular weight excluding hydrogens is 352 g/mol. The Bertz CT molecular complexity index is 620. The molecule has 0 aliphatic heterocycles. The van der Waals surface area contributed by atoms with E-state index < -0.39 is 0 Å². The number of hydrogen-bond acceptors (Lipinski definition) is 1. The highest BCUT2D eigenvalue weighted by molar-refractivity contribution is 5.28. The van der Waals surface area contributed by atoms with Crippen molar-refractivity contribution < 1.29 is 5.11 Å². The maximum atomic E-state index is 10.5. The molecule has 1 N–H and O–H groups in total. The Balaban J connectivity index is 1.52. The molecule has 0 bridgehead atoms. The molecule has 4 aliphatic rings. The van der Waals surface area contributed by atoms with E-state index in [1.165, 1.54) is 57.8 Å². The van der Waals surface area contributed by atoms with E-state index in [-0.39, 0.29) is 6.10 Å². The standard InChI is InChI=1S/C28H48O/c1-18(2)8-7-9-19(3)22-12-13-24-21-10-11-23-20(4)26(29)15-17-28(23,6)25(21)14-16-27(22,24)5/h10,18-20,22-26,29H,7-9,11-17H2,1-6H3. The molecule has 1 nitrogen and oxygen atoms in total. The summed E-state index contributed by atoms with van der Waals surface area (Å²) in [6.45, 7) is 14.9. The Morgan fingerprint density at radius 3 is 2.38 bits per heavy atom. The second kappa shape index (κ2) is 7.99. The smallest absolute Gasteiger partial charge is 0.0568 e. The van der Waals surface area contributed by atoms with Gasteiger partial charge < -0.3 is 5.11 Å². The first-order chi connectivity index (χ1) is 13.7. The molecule has 0 aromatic heterocycles. The van der Waals surface area contributed by atoms with Gasteiger partial charge in [-0.3, -0.25) is 0 Å². The molecule has 0 aromatic carbocycles. The molecule has 9 atom stereocenters. The number of fused-ring (bicyclic) bond motifs is 5. The van der Waals surface area contributed by atoms with Crippen molar-refractivity contribution in [2.75, 3.05) is 0 Å². The minimum absolute atomic E-state index is 0.0700. The summed E-state index contributed by atoms with van der Waals surface area (Å²) in [5.41, 5.74) is 2.85. The SMILES string of the molecule is CC(C)CCCC(C)C1CCC2C3=CCC4C(C)C(O)CCC4(C)C3CCC21C. The lowest BCUT2D eigenvalue weighted by molar-refractivity contribution is -0.0773. The minimum atomic E-state index is -0.0700. The summed E-state index contributed by atoms with van der Waals surface area (Å²) in [4.78, 5) is 0. The largest absolute Gasteiger partial charge is 0.393 e. The van der Waals surface area contributed by atoms with Crippen LogP contribution < -0.4 is 0 Å². The summed E-state index contributed by atoms with van der Waals surface area (Å²) in [6, 6.07) is 0. The molecule has 29 heavy (non-hydrogen) atoms. The average molecular weight is 401 g/mol. The van der Waals surface area contributed by atoms with Crippen LogP contribution in [0.5, 0.6) is 0 Å². The summed E-state index contributed by atoms with van der Waals surface area (Å²) >= 11 is 0. The molecule has 4 aliphatic carbocycles. The molecule has 3 fully saturated rings. The van der Waals surface area contributed by atoms with Crippen LogP contribution in [-0.4, -0.2) is 11.2 Å². The van der Waals surface area contributed by atoms with Crippen LogP contribution in [0.25, 0.3) is 0 Å². The normalized spacial score (nSPS) is 47.9. The van der Waals surface area contributed by atoms with Gasteiger partial charge in [0.25, 0.3) is 0 Å². The summed E-state index contributed by atoms with van der Waals surface area (Å²) in [6.07, 6.45) is 16.1. The van der Waals surface area contributed by atoms with E-state index >= 15 is 0 Å². The number of hydrogen-bond donors (Lipinski definition) is 1. The van der Waals surface area contributed by atoms with Crippen LogP contribution in [0.3, 0.4) is 0 Å². The second-order valence-corrected chi connectivity index (χ2v) is 12.7. The first kappa shape index (κ1) is 21.9. The Morgan fingerprint density at radius 2 is 1.66 bits per heavy atom. The number of aliphatic hydroxyl groups is 1. The third-order valence-electron chi connectivity index (χ3n) is 10.8. The summed E-state index contributed by atoms with van der Waals surface area (Å²) < 4.78 is 0. The molecule has 9 unspecified atom stereocenters. The highest BCUT2D eigenvalue weighted by Gasteiger charge is 2.59. The number of aliphatic hydroxyl groups excluding tert-OH is 1. The van der Waals surface area contributed by atoms with Gasteiger partial charge in [0.15, 0.2) is 0 Å². The monoisotopic (exact) mass is 400 g/mol. The molecular formula is C28H48O. The van der Waals surface area contributed by atoms with Gasteiger partial charge in [-0.15, -0.1) is 0 Å². The van der Waals surface area contributed by atoms with Gasteiger partial charge in [0.05, 0.1) is 6.10 Å². The first-order valence-corrected chi connectivity index (χ1v) is 13.1. The van der Waals surface area contributed by atoms with Gasteiger partial charge in [0.1, 0.15) is 0 Å². The highest BCUT2D eigenvalue weighted by Crippen LogP contribution is 2.67. The fourth-order valence-corrected chi connectivity index (χ4v) is 8.97. The van der Waals surface area contributed by atoms with Crippen LogP contribution in [0.15, 0.2) is 11.6 Å². The van der Waals surface area contributed by atoms with Crippen molar-refractivity contribution in [2.24, 2.45) is 52.3 Å². The molecule has 1 heteroatoms. The Labute approximate surface area is 181 Å². The van der Waals surface area contributed by atoms with E-state index in [1.54, 1.807) is 0 Å². The average Bonchev–Trinajstić information content (AvgIpc) is 3.02. The topological polar surface area (TPSA) is 20.2 Å². The van der Waals surface area contributed by atoms with Crippen LogP contribution >= 0.6 is 0 Å². The summed E-state index contributed by atoms with van der Waals surface area (Å²) in [5.74, 6) is 5.47. The van der Waals surface area contributed by atoms with E-state index in [4.69, 9.17) is 0 Å². The molecule has 0 heterocycles. The van der Waals surface area contributed by atoms with Crippen molar-refractivity contribution >= 4 is 0 Å². The minimum Gasteiger partial charge on any atom is -0.393 e. The van der Waals surface area contributed by atoms with Gasteiger partial charge in [0, 0.05) is 0 Å². The van der Waals surface area contributed by atoms with Crippen molar-refractivity contribution in [3.05, 3.63) is 11.6 Å². The Hall–Kier alpha value is -0.300. The third kappa shape index (κ3) is 3.56. The predicted octanol–water partition coefficient (Wildman–Crippen LogP) is 7.63. The van der Waals surface area contributed by atoms with Gasteiger partial charge >= 0.3 is 0 Å². The van der Waals surface area contributed by atoms with E-state index in [0.717, 1.165) is 36.0 Å². The lowest BCUT2D eigenvalue weighted by Crippen LogP contribution is -2.52. The van der Waals surface area contributed by atoms with E-state index in [9.17, 15) is 5.11 Å². The van der Waals surface area contributed by atoms with Crippen LogP contribution in [-0.2, 0) is 0 Å². The zero-order valence-electron chi connectivity index (χ0n) is 20.2. The zero-order valence-corrected chi connectivity index (χ0v) is 20.2. The first-order valence-electron chi connectivity index (χ1n) is 13.1. The van der Waals surface area contributed by atoms with Crippen molar-refractivity contribution in [2.45, 2.75) is 112 Å². The van der Waals surface area contributed by atoms with E-state index in [0.29, 0.717) is 22.7 Å². The van der Waals surface area contributed by atoms with E-state index in [1.807, 2.05) is 5.57 Å². The molecule has 0 amide bonds. The number of allylic oxidation sites excluding steroid dienone is 2. The second-order valence-electron chi connectivity index (χ2n) is 12.7. The lowest BCUT2D eigenvalue weighted by atomic mass is 9.46. The van der Waals surface area contributed by atoms with Gasteiger partial charge in [-0.05, 0) is 97.2 Å². The van der Waals surface area contributed by atoms with Gasteiger partial charge in [-0.1, -0.05) is 72.5 Å². The Kier molecular flexibility index (Phi) is 6.04. The van der Waals surface area contributed by atoms with Crippen LogP contribution in [0.1, 0.15) is 106 Å². The summed E-state index contributed by atoms with van der Waals surface area (Å²) in [7, 11) is 0.